The maximum Gasteiger partial charge on any atom is 0.305 e. The number of carboxylic acids is 1. The highest BCUT2D eigenvalue weighted by Crippen LogP contribution is 2.02. The number of hydrogen-bond acceptors (Lipinski definition) is 3. The molecule has 1 aromatic carbocycles. The molecule has 3 N–H and O–H groups in total. The van der Waals surface area contributed by atoms with Crippen LogP contribution in [0.1, 0.15) is 31.7 Å². The number of rotatable bonds is 9. The normalized spacial score (nSPS) is 11.5. The van der Waals surface area contributed by atoms with Crippen LogP contribution >= 0.6 is 0 Å². The number of carbonyl (C=O) groups excluding carboxylic acids is 2. The minimum atomic E-state index is -0.972. The standard InChI is InChI=1S/C16H22N2O4/c1-2-6-13(16(22)17-10-9-15(20)21)18-14(19)11-12-7-4-3-5-8-12/h3-5,7-8,13H,2,6,9-11H2,1H3,(H,17,22)(H,18,19)(H,20,21). The predicted octanol–water partition coefficient (Wildman–Crippen LogP) is 1.10. The molecule has 6 nitrogen and oxygen atoms in total. The summed E-state index contributed by atoms with van der Waals surface area (Å²) in [5.74, 6) is -1.54. The van der Waals surface area contributed by atoms with Gasteiger partial charge in [-0.25, -0.2) is 0 Å². The van der Waals surface area contributed by atoms with E-state index in [-0.39, 0.29) is 31.2 Å². The van der Waals surface area contributed by atoms with Crippen molar-refractivity contribution in [3.63, 3.8) is 0 Å². The van der Waals surface area contributed by atoms with Crippen LogP contribution in [-0.4, -0.2) is 35.5 Å². The van der Waals surface area contributed by atoms with Crippen LogP contribution in [0.5, 0.6) is 0 Å². The lowest BCUT2D eigenvalue weighted by molar-refractivity contribution is -0.137. The fourth-order valence-corrected chi connectivity index (χ4v) is 2.00. The molecule has 1 aromatic rings. The van der Waals surface area contributed by atoms with Crippen molar-refractivity contribution in [2.45, 2.75) is 38.6 Å². The van der Waals surface area contributed by atoms with E-state index in [1.807, 2.05) is 37.3 Å². The average Bonchev–Trinajstić information content (AvgIpc) is 2.47. The van der Waals surface area contributed by atoms with E-state index in [9.17, 15) is 14.4 Å². The van der Waals surface area contributed by atoms with Gasteiger partial charge in [-0.3, -0.25) is 14.4 Å². The van der Waals surface area contributed by atoms with E-state index in [1.165, 1.54) is 0 Å². The van der Waals surface area contributed by atoms with Gasteiger partial charge in [0.1, 0.15) is 6.04 Å². The van der Waals surface area contributed by atoms with E-state index in [4.69, 9.17) is 5.11 Å². The van der Waals surface area contributed by atoms with Gasteiger partial charge in [0.2, 0.25) is 11.8 Å². The summed E-state index contributed by atoms with van der Waals surface area (Å²) in [5, 5.41) is 13.8. The first-order valence-electron chi connectivity index (χ1n) is 7.35. The Balaban J connectivity index is 2.49. The Hall–Kier alpha value is -2.37. The predicted molar refractivity (Wildman–Crippen MR) is 82.2 cm³/mol. The number of aliphatic carboxylic acids is 1. The van der Waals surface area contributed by atoms with E-state index in [0.717, 1.165) is 12.0 Å². The van der Waals surface area contributed by atoms with Crippen LogP contribution in [0.15, 0.2) is 30.3 Å². The van der Waals surface area contributed by atoms with E-state index < -0.39 is 12.0 Å². The third kappa shape index (κ3) is 6.88. The zero-order valence-corrected chi connectivity index (χ0v) is 12.7. The molecule has 0 saturated carbocycles. The molecule has 0 saturated heterocycles. The largest absolute Gasteiger partial charge is 0.481 e. The lowest BCUT2D eigenvalue weighted by Crippen LogP contribution is -2.47. The van der Waals surface area contributed by atoms with E-state index >= 15 is 0 Å². The topological polar surface area (TPSA) is 95.5 Å². The molecule has 0 spiro atoms. The molecule has 0 bridgehead atoms. The van der Waals surface area contributed by atoms with Crippen molar-refractivity contribution < 1.29 is 19.5 Å². The van der Waals surface area contributed by atoms with Crippen molar-refractivity contribution in [3.8, 4) is 0 Å². The molecule has 1 rings (SSSR count). The third-order valence-electron chi connectivity index (χ3n) is 3.07. The summed E-state index contributed by atoms with van der Waals surface area (Å²) < 4.78 is 0. The molecule has 0 fully saturated rings. The Bertz CT molecular complexity index is 502. The molecular formula is C16H22N2O4. The van der Waals surface area contributed by atoms with E-state index in [1.54, 1.807) is 0 Å². The molecule has 0 aliphatic carbocycles. The van der Waals surface area contributed by atoms with Crippen LogP contribution in [0, 0.1) is 0 Å². The van der Waals surface area contributed by atoms with Crippen molar-refractivity contribution in [1.82, 2.24) is 10.6 Å². The first-order chi connectivity index (χ1) is 10.5. The zero-order chi connectivity index (χ0) is 16.4. The van der Waals surface area contributed by atoms with Gasteiger partial charge in [-0.15, -0.1) is 0 Å². The smallest absolute Gasteiger partial charge is 0.305 e. The molecule has 1 atom stereocenters. The van der Waals surface area contributed by atoms with Gasteiger partial charge in [-0.05, 0) is 12.0 Å². The van der Waals surface area contributed by atoms with Gasteiger partial charge in [0.05, 0.1) is 12.8 Å². The van der Waals surface area contributed by atoms with Crippen LogP contribution in [0.25, 0.3) is 0 Å². The second kappa shape index (κ2) is 9.55. The van der Waals surface area contributed by atoms with Gasteiger partial charge in [-0.1, -0.05) is 43.7 Å². The fourth-order valence-electron chi connectivity index (χ4n) is 2.00. The Labute approximate surface area is 129 Å². The lowest BCUT2D eigenvalue weighted by Gasteiger charge is -2.17. The SMILES string of the molecule is CCCC(NC(=O)Cc1ccccc1)C(=O)NCCC(=O)O. The molecule has 0 aliphatic heterocycles. The molecule has 1 unspecified atom stereocenters. The van der Waals surface area contributed by atoms with Crippen LogP contribution in [-0.2, 0) is 20.8 Å². The van der Waals surface area contributed by atoms with Crippen LogP contribution in [0.4, 0.5) is 0 Å². The highest BCUT2D eigenvalue weighted by molar-refractivity contribution is 5.88. The van der Waals surface area contributed by atoms with Crippen molar-refractivity contribution in [2.75, 3.05) is 6.54 Å². The maximum absolute atomic E-state index is 12.0. The molecule has 6 heteroatoms. The molecular weight excluding hydrogens is 284 g/mol. The number of hydrogen-bond donors (Lipinski definition) is 3. The van der Waals surface area contributed by atoms with Gasteiger partial charge in [-0.2, -0.15) is 0 Å². The first-order valence-corrected chi connectivity index (χ1v) is 7.35. The van der Waals surface area contributed by atoms with Gasteiger partial charge in [0, 0.05) is 6.54 Å². The van der Waals surface area contributed by atoms with E-state index in [2.05, 4.69) is 10.6 Å². The monoisotopic (exact) mass is 306 g/mol. The Kier molecular flexibility index (Phi) is 7.67. The second-order valence-electron chi connectivity index (χ2n) is 5.01. The third-order valence-corrected chi connectivity index (χ3v) is 3.07. The molecule has 120 valence electrons. The van der Waals surface area contributed by atoms with Crippen molar-refractivity contribution in [1.29, 1.82) is 0 Å². The molecule has 2 amide bonds. The Morgan fingerprint density at radius 2 is 1.86 bits per heavy atom. The fraction of sp³-hybridized carbons (Fsp3) is 0.438. The van der Waals surface area contributed by atoms with Gasteiger partial charge < -0.3 is 15.7 Å². The first kappa shape index (κ1) is 17.7. The Morgan fingerprint density at radius 1 is 1.18 bits per heavy atom. The quantitative estimate of drug-likeness (QED) is 0.637. The number of benzene rings is 1. The summed E-state index contributed by atoms with van der Waals surface area (Å²) in [7, 11) is 0. The van der Waals surface area contributed by atoms with Gasteiger partial charge in [0.25, 0.3) is 0 Å². The van der Waals surface area contributed by atoms with Crippen molar-refractivity contribution in [2.24, 2.45) is 0 Å². The minimum absolute atomic E-state index is 0.0585. The summed E-state index contributed by atoms with van der Waals surface area (Å²) in [6, 6.07) is 8.64. The summed E-state index contributed by atoms with van der Waals surface area (Å²) in [5.41, 5.74) is 0.876. The van der Waals surface area contributed by atoms with E-state index in [0.29, 0.717) is 6.42 Å². The van der Waals surface area contributed by atoms with Crippen LogP contribution < -0.4 is 10.6 Å². The number of nitrogens with one attached hydrogen (secondary N) is 2. The molecule has 0 heterocycles. The number of carbonyl (C=O) groups is 3. The van der Waals surface area contributed by atoms with Crippen LogP contribution in [0.2, 0.25) is 0 Å². The number of carboxylic acid groups (broad SMARTS) is 1. The van der Waals surface area contributed by atoms with Crippen molar-refractivity contribution in [3.05, 3.63) is 35.9 Å². The molecule has 0 aromatic heterocycles. The maximum atomic E-state index is 12.0. The van der Waals surface area contributed by atoms with Gasteiger partial charge in [0.15, 0.2) is 0 Å². The summed E-state index contributed by atoms with van der Waals surface area (Å²) in [4.78, 5) is 34.4. The average molecular weight is 306 g/mol. The zero-order valence-electron chi connectivity index (χ0n) is 12.7. The van der Waals surface area contributed by atoms with Gasteiger partial charge >= 0.3 is 5.97 Å². The Morgan fingerprint density at radius 3 is 2.45 bits per heavy atom. The lowest BCUT2D eigenvalue weighted by atomic mass is 10.1. The minimum Gasteiger partial charge on any atom is -0.481 e. The number of amides is 2. The summed E-state index contributed by atoms with van der Waals surface area (Å²) in [6.45, 7) is 1.98. The molecule has 22 heavy (non-hydrogen) atoms. The highest BCUT2D eigenvalue weighted by atomic mass is 16.4. The summed E-state index contributed by atoms with van der Waals surface area (Å²) >= 11 is 0. The second-order valence-corrected chi connectivity index (χ2v) is 5.01. The summed E-state index contributed by atoms with van der Waals surface area (Å²) in [6.07, 6.45) is 1.33. The van der Waals surface area contributed by atoms with Crippen LogP contribution in [0.3, 0.4) is 0 Å². The van der Waals surface area contributed by atoms with Crippen molar-refractivity contribution >= 4 is 17.8 Å². The molecule has 0 radical (unpaired) electrons. The highest BCUT2D eigenvalue weighted by Gasteiger charge is 2.19. The molecule has 0 aliphatic rings.